The van der Waals surface area contributed by atoms with Crippen molar-refractivity contribution in [2.45, 2.75) is 13.0 Å². The fourth-order valence-electron chi connectivity index (χ4n) is 1.85. The third-order valence-corrected chi connectivity index (χ3v) is 4.75. The minimum atomic E-state index is 0.0129. The van der Waals surface area contributed by atoms with Crippen LogP contribution >= 0.6 is 34.9 Å². The van der Waals surface area contributed by atoms with Gasteiger partial charge in [0.1, 0.15) is 4.70 Å². The molecule has 0 atom stereocenters. The van der Waals surface area contributed by atoms with Gasteiger partial charge in [-0.05, 0) is 52.5 Å². The molecule has 0 saturated heterocycles. The highest BCUT2D eigenvalue weighted by molar-refractivity contribution is 7.71. The molecule has 0 spiro atoms. The molecule has 18 heavy (non-hydrogen) atoms. The third kappa shape index (κ3) is 2.07. The zero-order valence-electron chi connectivity index (χ0n) is 9.38. The lowest BCUT2D eigenvalue weighted by Crippen LogP contribution is -2.22. The van der Waals surface area contributed by atoms with E-state index in [2.05, 4.69) is 16.4 Å². The van der Waals surface area contributed by atoms with Gasteiger partial charge in [-0.1, -0.05) is 0 Å². The number of aromatic amines is 1. The van der Waals surface area contributed by atoms with E-state index in [1.165, 1.54) is 16.9 Å². The number of rotatable bonds is 3. The van der Waals surface area contributed by atoms with Crippen molar-refractivity contribution in [3.05, 3.63) is 49.0 Å². The molecule has 92 valence electrons. The molecule has 0 amide bonds. The molecule has 0 aromatic carbocycles. The first kappa shape index (κ1) is 11.8. The Balaban J connectivity index is 2.01. The monoisotopic (exact) mass is 294 g/mol. The van der Waals surface area contributed by atoms with E-state index >= 15 is 0 Å². The first-order valence-corrected chi connectivity index (χ1v) is 7.70. The Hall–Kier alpha value is -1.24. The van der Waals surface area contributed by atoms with Gasteiger partial charge in [-0.3, -0.25) is 9.36 Å². The zero-order valence-corrected chi connectivity index (χ0v) is 11.8. The molecule has 0 unspecified atom stereocenters. The third-order valence-electron chi connectivity index (χ3n) is 2.80. The molecule has 0 aliphatic heterocycles. The number of thiophene rings is 2. The summed E-state index contributed by atoms with van der Waals surface area (Å²) in [5, 5.41) is 6.04. The molecule has 3 rings (SSSR count). The molecule has 1 N–H and O–H groups in total. The highest BCUT2D eigenvalue weighted by Gasteiger charge is 2.06. The molecule has 3 aromatic rings. The number of hydrogen-bond donors (Lipinski definition) is 1. The van der Waals surface area contributed by atoms with E-state index in [-0.39, 0.29) is 5.56 Å². The Labute approximate surface area is 116 Å². The number of aromatic nitrogens is 2. The number of fused-ring (bicyclic) bond motifs is 1. The molecule has 6 heteroatoms. The Bertz CT molecular complexity index is 780. The van der Waals surface area contributed by atoms with E-state index in [4.69, 9.17) is 12.2 Å². The summed E-state index contributed by atoms with van der Waals surface area (Å²) in [6.07, 6.45) is 0.831. The Morgan fingerprint density at radius 1 is 1.33 bits per heavy atom. The van der Waals surface area contributed by atoms with Crippen LogP contribution in [-0.4, -0.2) is 9.55 Å². The van der Waals surface area contributed by atoms with E-state index in [1.807, 2.05) is 16.8 Å². The quantitative estimate of drug-likeness (QED) is 0.752. The number of hydrogen-bond acceptors (Lipinski definition) is 4. The highest BCUT2D eigenvalue weighted by Crippen LogP contribution is 2.14. The van der Waals surface area contributed by atoms with Gasteiger partial charge in [-0.15, -0.1) is 11.3 Å². The molecule has 0 radical (unpaired) electrons. The summed E-state index contributed by atoms with van der Waals surface area (Å²) in [7, 11) is 0. The van der Waals surface area contributed by atoms with Crippen LogP contribution in [0, 0.1) is 4.77 Å². The number of aryl methyl sites for hydroxylation is 1. The van der Waals surface area contributed by atoms with Crippen LogP contribution in [0.25, 0.3) is 10.2 Å². The largest absolute Gasteiger partial charge is 0.331 e. The van der Waals surface area contributed by atoms with Crippen molar-refractivity contribution >= 4 is 45.1 Å². The van der Waals surface area contributed by atoms with Crippen molar-refractivity contribution in [2.75, 3.05) is 0 Å². The summed E-state index contributed by atoms with van der Waals surface area (Å²) in [6, 6.07) is 3.96. The fourth-order valence-corrected chi connectivity index (χ4v) is 3.63. The van der Waals surface area contributed by atoms with Crippen molar-refractivity contribution in [1.29, 1.82) is 0 Å². The molecule has 0 saturated carbocycles. The number of nitrogens with zero attached hydrogens (tertiary/aromatic N) is 1. The zero-order chi connectivity index (χ0) is 12.5. The maximum absolute atomic E-state index is 12.3. The van der Waals surface area contributed by atoms with Crippen LogP contribution in [0.2, 0.25) is 0 Å². The van der Waals surface area contributed by atoms with Gasteiger partial charge in [0, 0.05) is 6.54 Å². The summed E-state index contributed by atoms with van der Waals surface area (Å²) in [5.74, 6) is 0. The first-order valence-electron chi connectivity index (χ1n) is 5.47. The maximum Gasteiger partial charge on any atom is 0.272 e. The van der Waals surface area contributed by atoms with Crippen LogP contribution in [0.3, 0.4) is 0 Å². The van der Waals surface area contributed by atoms with E-state index in [9.17, 15) is 4.79 Å². The summed E-state index contributed by atoms with van der Waals surface area (Å²) >= 11 is 8.36. The topological polar surface area (TPSA) is 37.8 Å². The van der Waals surface area contributed by atoms with Crippen molar-refractivity contribution in [3.8, 4) is 0 Å². The Kier molecular flexibility index (Phi) is 3.15. The lowest BCUT2D eigenvalue weighted by molar-refractivity contribution is 0.654. The van der Waals surface area contributed by atoms with Gasteiger partial charge in [0.05, 0.1) is 5.52 Å². The minimum absolute atomic E-state index is 0.0129. The highest BCUT2D eigenvalue weighted by atomic mass is 32.1. The number of nitrogens with one attached hydrogen (secondary N) is 1. The SMILES string of the molecule is O=c1c2sccc2[nH]c(=S)n1CCc1ccsc1. The second kappa shape index (κ2) is 4.79. The molecule has 3 nitrogen and oxygen atoms in total. The molecule has 0 fully saturated rings. The van der Waals surface area contributed by atoms with Gasteiger partial charge >= 0.3 is 0 Å². The molecule has 0 aliphatic carbocycles. The maximum atomic E-state index is 12.3. The first-order chi connectivity index (χ1) is 8.75. The van der Waals surface area contributed by atoms with Gasteiger partial charge in [-0.25, -0.2) is 0 Å². The van der Waals surface area contributed by atoms with Gasteiger partial charge in [0.25, 0.3) is 5.56 Å². The Morgan fingerprint density at radius 2 is 2.22 bits per heavy atom. The molecule has 3 heterocycles. The van der Waals surface area contributed by atoms with Crippen molar-refractivity contribution < 1.29 is 0 Å². The Morgan fingerprint density at radius 3 is 3.00 bits per heavy atom. The van der Waals surface area contributed by atoms with Gasteiger partial charge < -0.3 is 4.98 Å². The van der Waals surface area contributed by atoms with E-state index < -0.39 is 0 Å². The predicted molar refractivity (Wildman–Crippen MR) is 79.3 cm³/mol. The smallest absolute Gasteiger partial charge is 0.272 e. The van der Waals surface area contributed by atoms with E-state index in [0.29, 0.717) is 11.3 Å². The van der Waals surface area contributed by atoms with Crippen LogP contribution in [0.4, 0.5) is 0 Å². The summed E-state index contributed by atoms with van der Waals surface area (Å²) in [4.78, 5) is 15.4. The van der Waals surface area contributed by atoms with Crippen LogP contribution in [-0.2, 0) is 13.0 Å². The van der Waals surface area contributed by atoms with Gasteiger partial charge in [-0.2, -0.15) is 11.3 Å². The molecule has 0 aliphatic rings. The molecular formula is C12H10N2OS3. The standard InChI is InChI=1S/C12H10N2OS3/c15-11-10-9(3-6-18-10)13-12(16)14(11)4-1-8-2-5-17-7-8/h2-3,5-7H,1,4H2,(H,13,16). The lowest BCUT2D eigenvalue weighted by Gasteiger charge is -2.05. The average Bonchev–Trinajstić information content (AvgIpc) is 2.98. The van der Waals surface area contributed by atoms with Crippen LogP contribution < -0.4 is 5.56 Å². The van der Waals surface area contributed by atoms with Crippen molar-refractivity contribution in [3.63, 3.8) is 0 Å². The average molecular weight is 294 g/mol. The van der Waals surface area contributed by atoms with Crippen molar-refractivity contribution in [2.24, 2.45) is 0 Å². The van der Waals surface area contributed by atoms with Crippen LogP contribution in [0.15, 0.2) is 33.1 Å². The van der Waals surface area contributed by atoms with Gasteiger partial charge in [0.15, 0.2) is 4.77 Å². The summed E-state index contributed by atoms with van der Waals surface area (Å²) < 4.78 is 2.89. The minimum Gasteiger partial charge on any atom is -0.331 e. The number of H-pyrrole nitrogens is 1. The fraction of sp³-hybridized carbons (Fsp3) is 0.167. The normalized spacial score (nSPS) is 11.1. The van der Waals surface area contributed by atoms with Crippen LogP contribution in [0.1, 0.15) is 5.56 Å². The van der Waals surface area contributed by atoms with E-state index in [1.54, 1.807) is 15.9 Å². The predicted octanol–water partition coefficient (Wildman–Crippen LogP) is 3.42. The van der Waals surface area contributed by atoms with Crippen LogP contribution in [0.5, 0.6) is 0 Å². The second-order valence-corrected chi connectivity index (χ2v) is 6.01. The molecular weight excluding hydrogens is 284 g/mol. The van der Waals surface area contributed by atoms with E-state index in [0.717, 1.165) is 16.6 Å². The summed E-state index contributed by atoms with van der Waals surface area (Å²) in [6.45, 7) is 0.624. The lowest BCUT2D eigenvalue weighted by atomic mass is 10.2. The van der Waals surface area contributed by atoms with Crippen molar-refractivity contribution in [1.82, 2.24) is 9.55 Å². The molecule has 3 aromatic heterocycles. The van der Waals surface area contributed by atoms with Gasteiger partial charge in [0.2, 0.25) is 0 Å². The second-order valence-electron chi connectivity index (χ2n) is 3.93. The molecule has 0 bridgehead atoms. The summed E-state index contributed by atoms with van der Waals surface area (Å²) in [5.41, 5.74) is 2.09.